The van der Waals surface area contributed by atoms with Crippen molar-refractivity contribution in [2.75, 3.05) is 0 Å². The van der Waals surface area contributed by atoms with Crippen molar-refractivity contribution in [1.29, 1.82) is 0 Å². The molecule has 1 fully saturated rings. The van der Waals surface area contributed by atoms with Crippen LogP contribution in [0.25, 0.3) is 0 Å². The molecular formula is C12H17NO. The first-order chi connectivity index (χ1) is 6.79. The molecule has 2 nitrogen and oxygen atoms in total. The third-order valence-electron chi connectivity index (χ3n) is 3.20. The Morgan fingerprint density at radius 1 is 1.21 bits per heavy atom. The molecule has 0 radical (unpaired) electrons. The van der Waals surface area contributed by atoms with Crippen molar-refractivity contribution in [3.8, 4) is 5.75 Å². The van der Waals surface area contributed by atoms with Gasteiger partial charge in [0.25, 0.3) is 0 Å². The van der Waals surface area contributed by atoms with Gasteiger partial charge in [-0.2, -0.15) is 0 Å². The maximum absolute atomic E-state index is 9.66. The van der Waals surface area contributed by atoms with Crippen molar-refractivity contribution < 1.29 is 5.11 Å². The summed E-state index contributed by atoms with van der Waals surface area (Å²) in [6.45, 7) is 0. The van der Waals surface area contributed by atoms with Gasteiger partial charge < -0.3 is 10.8 Å². The molecule has 0 aliphatic heterocycles. The third kappa shape index (κ3) is 1.75. The number of para-hydroxylation sites is 1. The van der Waals surface area contributed by atoms with Crippen LogP contribution < -0.4 is 5.73 Å². The third-order valence-corrected chi connectivity index (χ3v) is 3.20. The number of phenols is 1. The summed E-state index contributed by atoms with van der Waals surface area (Å²) in [5.41, 5.74) is 7.04. The zero-order valence-corrected chi connectivity index (χ0v) is 8.32. The lowest BCUT2D eigenvalue weighted by molar-refractivity contribution is 0.412. The van der Waals surface area contributed by atoms with Crippen molar-refractivity contribution in [2.45, 2.75) is 31.7 Å². The molecule has 0 aromatic heterocycles. The van der Waals surface area contributed by atoms with E-state index < -0.39 is 0 Å². The molecule has 1 atom stereocenters. The molecule has 0 saturated heterocycles. The van der Waals surface area contributed by atoms with Crippen molar-refractivity contribution >= 4 is 0 Å². The maximum atomic E-state index is 9.66. The molecule has 1 aromatic carbocycles. The minimum atomic E-state index is 0.0127. The summed E-state index contributed by atoms with van der Waals surface area (Å²) in [5, 5.41) is 9.66. The molecule has 0 heterocycles. The second kappa shape index (κ2) is 4.01. The van der Waals surface area contributed by atoms with Gasteiger partial charge in [-0.3, -0.25) is 0 Å². The number of rotatable bonds is 2. The fourth-order valence-electron chi connectivity index (χ4n) is 2.34. The van der Waals surface area contributed by atoms with Crippen LogP contribution >= 0.6 is 0 Å². The van der Waals surface area contributed by atoms with Crippen molar-refractivity contribution in [1.82, 2.24) is 0 Å². The van der Waals surface area contributed by atoms with E-state index in [-0.39, 0.29) is 6.04 Å². The molecule has 1 aliphatic carbocycles. The minimum Gasteiger partial charge on any atom is -0.508 e. The lowest BCUT2D eigenvalue weighted by Crippen LogP contribution is -2.19. The van der Waals surface area contributed by atoms with Crippen LogP contribution in [0.2, 0.25) is 0 Å². The topological polar surface area (TPSA) is 46.2 Å². The van der Waals surface area contributed by atoms with Gasteiger partial charge in [0.15, 0.2) is 0 Å². The predicted octanol–water partition coefficient (Wildman–Crippen LogP) is 2.58. The van der Waals surface area contributed by atoms with E-state index >= 15 is 0 Å². The maximum Gasteiger partial charge on any atom is 0.120 e. The van der Waals surface area contributed by atoms with Crippen LogP contribution in [0.3, 0.4) is 0 Å². The Bertz CT molecular complexity index is 305. The highest BCUT2D eigenvalue weighted by Crippen LogP contribution is 2.36. The van der Waals surface area contributed by atoms with Gasteiger partial charge in [0, 0.05) is 11.6 Å². The molecule has 0 amide bonds. The number of aromatic hydroxyl groups is 1. The molecule has 0 spiro atoms. The normalized spacial score (nSPS) is 19.8. The van der Waals surface area contributed by atoms with Crippen molar-refractivity contribution in [3.63, 3.8) is 0 Å². The lowest BCUT2D eigenvalue weighted by atomic mass is 9.92. The van der Waals surface area contributed by atoms with Crippen molar-refractivity contribution in [2.24, 2.45) is 11.7 Å². The first-order valence-corrected chi connectivity index (χ1v) is 5.32. The summed E-state index contributed by atoms with van der Waals surface area (Å²) in [4.78, 5) is 0. The van der Waals surface area contributed by atoms with Crippen LogP contribution in [0.5, 0.6) is 5.75 Å². The van der Waals surface area contributed by atoms with Crippen LogP contribution in [0.4, 0.5) is 0 Å². The number of hydrogen-bond acceptors (Lipinski definition) is 2. The van der Waals surface area contributed by atoms with E-state index in [0.29, 0.717) is 11.7 Å². The molecule has 1 aromatic rings. The Labute approximate surface area is 84.7 Å². The number of phenolic OH excluding ortho intramolecular Hbond substituents is 1. The monoisotopic (exact) mass is 191 g/mol. The van der Waals surface area contributed by atoms with Gasteiger partial charge in [-0.1, -0.05) is 31.0 Å². The molecule has 0 bridgehead atoms. The second-order valence-corrected chi connectivity index (χ2v) is 4.13. The summed E-state index contributed by atoms with van der Waals surface area (Å²) >= 11 is 0. The zero-order chi connectivity index (χ0) is 9.97. The predicted molar refractivity (Wildman–Crippen MR) is 57.0 cm³/mol. The number of hydrogen-bond donors (Lipinski definition) is 2. The van der Waals surface area contributed by atoms with Gasteiger partial charge in [0.1, 0.15) is 5.75 Å². The average Bonchev–Trinajstić information content (AvgIpc) is 2.70. The molecule has 2 rings (SSSR count). The standard InChI is InChI=1S/C12H17NO/c13-12(9-5-1-2-6-9)10-7-3-4-8-11(10)14/h3-4,7-9,12,14H,1-2,5-6,13H2/t12-/m1/s1. The lowest BCUT2D eigenvalue weighted by Gasteiger charge is -2.19. The molecular weight excluding hydrogens is 174 g/mol. The molecule has 2 heteroatoms. The van der Waals surface area contributed by atoms with E-state index in [1.54, 1.807) is 6.07 Å². The Hall–Kier alpha value is -1.02. The van der Waals surface area contributed by atoms with E-state index in [9.17, 15) is 5.11 Å². The Balaban J connectivity index is 2.17. The summed E-state index contributed by atoms with van der Waals surface area (Å²) in [6.07, 6.45) is 4.98. The molecule has 76 valence electrons. The molecule has 1 saturated carbocycles. The quantitative estimate of drug-likeness (QED) is 0.754. The van der Waals surface area contributed by atoms with Crippen molar-refractivity contribution in [3.05, 3.63) is 29.8 Å². The van der Waals surface area contributed by atoms with Gasteiger partial charge in [0.2, 0.25) is 0 Å². The summed E-state index contributed by atoms with van der Waals surface area (Å²) in [6, 6.07) is 7.42. The zero-order valence-electron chi connectivity index (χ0n) is 8.32. The highest BCUT2D eigenvalue weighted by molar-refractivity contribution is 5.34. The Morgan fingerprint density at radius 2 is 1.86 bits per heavy atom. The largest absolute Gasteiger partial charge is 0.508 e. The van der Waals surface area contributed by atoms with Crippen LogP contribution in [0, 0.1) is 5.92 Å². The Kier molecular flexibility index (Phi) is 2.73. The summed E-state index contributed by atoms with van der Waals surface area (Å²) in [7, 11) is 0. The molecule has 1 aliphatic rings. The average molecular weight is 191 g/mol. The fraction of sp³-hybridized carbons (Fsp3) is 0.500. The highest BCUT2D eigenvalue weighted by atomic mass is 16.3. The second-order valence-electron chi connectivity index (χ2n) is 4.13. The van der Waals surface area contributed by atoms with Gasteiger partial charge >= 0.3 is 0 Å². The van der Waals surface area contributed by atoms with Gasteiger partial charge in [-0.15, -0.1) is 0 Å². The SMILES string of the molecule is N[C@@H](c1ccccc1O)C1CCCC1. The fourth-order valence-corrected chi connectivity index (χ4v) is 2.34. The van der Waals surface area contributed by atoms with Crippen LogP contribution in [0.15, 0.2) is 24.3 Å². The molecule has 14 heavy (non-hydrogen) atoms. The number of nitrogens with two attached hydrogens (primary N) is 1. The van der Waals surface area contributed by atoms with Gasteiger partial charge in [-0.25, -0.2) is 0 Å². The van der Waals surface area contributed by atoms with E-state index in [1.807, 2.05) is 18.2 Å². The van der Waals surface area contributed by atoms with E-state index in [1.165, 1.54) is 25.7 Å². The highest BCUT2D eigenvalue weighted by Gasteiger charge is 2.24. The van der Waals surface area contributed by atoms with Gasteiger partial charge in [-0.05, 0) is 24.8 Å². The number of benzene rings is 1. The van der Waals surface area contributed by atoms with Crippen LogP contribution in [0.1, 0.15) is 37.3 Å². The molecule has 0 unspecified atom stereocenters. The van der Waals surface area contributed by atoms with E-state index in [2.05, 4.69) is 0 Å². The first kappa shape index (κ1) is 9.53. The van der Waals surface area contributed by atoms with E-state index in [0.717, 1.165) is 5.56 Å². The van der Waals surface area contributed by atoms with Crippen LogP contribution in [-0.4, -0.2) is 5.11 Å². The molecule has 3 N–H and O–H groups in total. The smallest absolute Gasteiger partial charge is 0.120 e. The summed E-state index contributed by atoms with van der Waals surface area (Å²) in [5.74, 6) is 0.898. The van der Waals surface area contributed by atoms with Gasteiger partial charge in [0.05, 0.1) is 0 Å². The van der Waals surface area contributed by atoms with E-state index in [4.69, 9.17) is 5.73 Å². The first-order valence-electron chi connectivity index (χ1n) is 5.32. The Morgan fingerprint density at radius 3 is 2.50 bits per heavy atom. The van der Waals surface area contributed by atoms with Crippen LogP contribution in [-0.2, 0) is 0 Å². The summed E-state index contributed by atoms with van der Waals surface area (Å²) < 4.78 is 0. The minimum absolute atomic E-state index is 0.0127.